The molecule has 0 fully saturated rings. The van der Waals surface area contributed by atoms with E-state index in [2.05, 4.69) is 15.3 Å². The van der Waals surface area contributed by atoms with Gasteiger partial charge in [0.2, 0.25) is 0 Å². The number of benzene rings is 1. The molecule has 0 bridgehead atoms. The van der Waals surface area contributed by atoms with E-state index in [9.17, 15) is 30.3 Å². The molecule has 0 saturated heterocycles. The van der Waals surface area contributed by atoms with Crippen molar-refractivity contribution in [3.05, 3.63) is 82.9 Å². The van der Waals surface area contributed by atoms with Crippen molar-refractivity contribution in [2.75, 3.05) is 26.8 Å². The molecule has 6 unspecified atom stereocenters. The molecule has 0 amide bonds. The van der Waals surface area contributed by atoms with Gasteiger partial charge in [0.15, 0.2) is 16.8 Å². The summed E-state index contributed by atoms with van der Waals surface area (Å²) in [6.07, 6.45) is 3.51. The zero-order valence-corrected chi connectivity index (χ0v) is 28.5. The van der Waals surface area contributed by atoms with Crippen molar-refractivity contribution in [2.45, 2.75) is 68.9 Å². The normalized spacial score (nSPS) is 20.7. The lowest BCUT2D eigenvalue weighted by Crippen LogP contribution is -2.61. The van der Waals surface area contributed by atoms with Crippen LogP contribution in [0.5, 0.6) is 5.75 Å². The Kier molecular flexibility index (Phi) is 9.32. The summed E-state index contributed by atoms with van der Waals surface area (Å²) in [6.45, 7) is 2.34. The van der Waals surface area contributed by atoms with Crippen LogP contribution in [0.3, 0.4) is 0 Å². The number of aliphatic hydroxyl groups excluding tert-OH is 4. The van der Waals surface area contributed by atoms with Gasteiger partial charge < -0.3 is 59.1 Å². The first kappa shape index (κ1) is 35.0. The quantitative estimate of drug-likeness (QED) is 0.0605. The molecule has 0 spiro atoms. The molecule has 0 radical (unpaired) electrons. The zero-order chi connectivity index (χ0) is 36.1. The Balaban J connectivity index is 1.20. The second-order valence-electron chi connectivity index (χ2n) is 13.6. The van der Waals surface area contributed by atoms with Crippen LogP contribution in [0.15, 0.2) is 70.5 Å². The van der Waals surface area contributed by atoms with Gasteiger partial charge in [-0.3, -0.25) is 4.79 Å². The number of hydrogen-bond donors (Lipinski definition) is 8. The highest BCUT2D eigenvalue weighted by atomic mass is 17.2. The Morgan fingerprint density at radius 2 is 1.92 bits per heavy atom. The fourth-order valence-corrected chi connectivity index (χ4v) is 7.01. The maximum Gasteiger partial charge on any atom is 0.193 e. The Bertz CT molecular complexity index is 2190. The summed E-state index contributed by atoms with van der Waals surface area (Å²) < 4.78 is 16.5. The monoisotopic (exact) mass is 705 g/mol. The molecular formula is C36H43N5O10. The predicted octanol–water partition coefficient (Wildman–Crippen LogP) is 1.78. The van der Waals surface area contributed by atoms with Crippen molar-refractivity contribution < 1.29 is 44.5 Å². The van der Waals surface area contributed by atoms with Crippen molar-refractivity contribution >= 4 is 32.9 Å². The Morgan fingerprint density at radius 3 is 2.69 bits per heavy atom. The SMILES string of the molecule is CNCCC1(C)Oc2c(cc3c(=O)cc(C)oc3c2-n2cc3cc[nH]c3c2)CC1OOCC(O)C(O)(Cn1ccc2[nH]ccc21)C(O)C(O)CO. The van der Waals surface area contributed by atoms with Crippen molar-refractivity contribution in [1.29, 1.82) is 0 Å². The minimum Gasteiger partial charge on any atom is -0.482 e. The molecule has 6 aromatic rings. The molecule has 15 nitrogen and oxygen atoms in total. The molecule has 1 aliphatic heterocycles. The zero-order valence-electron chi connectivity index (χ0n) is 28.5. The molecule has 15 heteroatoms. The smallest absolute Gasteiger partial charge is 0.193 e. The summed E-state index contributed by atoms with van der Waals surface area (Å²) in [5.74, 6) is 0.977. The van der Waals surface area contributed by atoms with E-state index >= 15 is 0 Å². The molecular weight excluding hydrogens is 662 g/mol. The van der Waals surface area contributed by atoms with Crippen LogP contribution in [0.25, 0.3) is 38.6 Å². The number of hydrogen-bond acceptors (Lipinski definition) is 11. The van der Waals surface area contributed by atoms with Gasteiger partial charge in [-0.2, -0.15) is 0 Å². The maximum atomic E-state index is 13.3. The first-order valence-corrected chi connectivity index (χ1v) is 16.8. The van der Waals surface area contributed by atoms with Crippen molar-refractivity contribution in [3.8, 4) is 11.4 Å². The van der Waals surface area contributed by atoms with Gasteiger partial charge in [-0.1, -0.05) is 0 Å². The highest BCUT2D eigenvalue weighted by Gasteiger charge is 2.48. The van der Waals surface area contributed by atoms with Crippen LogP contribution in [0.2, 0.25) is 0 Å². The topological polar surface area (TPSA) is 213 Å². The molecule has 272 valence electrons. The lowest BCUT2D eigenvalue weighted by Gasteiger charge is -2.42. The van der Waals surface area contributed by atoms with Crippen LogP contribution in [0.4, 0.5) is 0 Å². The molecule has 0 saturated carbocycles. The van der Waals surface area contributed by atoms with Crippen LogP contribution >= 0.6 is 0 Å². The fourth-order valence-electron chi connectivity index (χ4n) is 7.01. The van der Waals surface area contributed by atoms with Crippen molar-refractivity contribution in [3.63, 3.8) is 0 Å². The number of nitrogens with one attached hydrogen (secondary N) is 3. The van der Waals surface area contributed by atoms with Crippen LogP contribution in [-0.4, -0.2) is 107 Å². The standard InChI is InChI=1S/C36H43N5O10/c1-20-12-27(43)23-13-22-14-30(35(2,7-10-37-3)50-32(22)31(33(23)49-20)41-15-21-4-8-39-25(21)16-41)51-48-18-29(45)36(47,34(46)28(44)17-42)19-40-11-6-24-26(40)5-9-38-24/h4-6,8-9,11-13,15-16,28-30,34,37-39,42,44-47H,7,10,14,17-19H2,1-3H3. The van der Waals surface area contributed by atoms with Gasteiger partial charge >= 0.3 is 0 Å². The van der Waals surface area contributed by atoms with Gasteiger partial charge in [0, 0.05) is 60.8 Å². The Morgan fingerprint density at radius 1 is 1.14 bits per heavy atom. The first-order chi connectivity index (χ1) is 24.5. The number of nitrogens with zero attached hydrogens (tertiary/aromatic N) is 2. The number of H-pyrrole nitrogens is 2. The van der Waals surface area contributed by atoms with Gasteiger partial charge in [-0.05, 0) is 51.7 Å². The van der Waals surface area contributed by atoms with E-state index in [4.69, 9.17) is 18.9 Å². The molecule has 0 aliphatic carbocycles. The lowest BCUT2D eigenvalue weighted by molar-refractivity contribution is -0.365. The number of ether oxygens (including phenoxy) is 1. The second kappa shape index (κ2) is 13.6. The summed E-state index contributed by atoms with van der Waals surface area (Å²) in [7, 11) is 1.82. The molecule has 7 rings (SSSR count). The van der Waals surface area contributed by atoms with Gasteiger partial charge in [-0.15, -0.1) is 0 Å². The van der Waals surface area contributed by atoms with Crippen LogP contribution in [0, 0.1) is 6.92 Å². The third-order valence-corrected chi connectivity index (χ3v) is 10.0. The Hall–Kier alpha value is -4.45. The predicted molar refractivity (Wildman–Crippen MR) is 187 cm³/mol. The fraction of sp³-hybridized carbons (Fsp3) is 0.417. The van der Waals surface area contributed by atoms with Crippen LogP contribution in [0.1, 0.15) is 24.7 Å². The largest absolute Gasteiger partial charge is 0.482 e. The van der Waals surface area contributed by atoms with Gasteiger partial charge in [0.25, 0.3) is 0 Å². The van der Waals surface area contributed by atoms with Crippen molar-refractivity contribution in [2.24, 2.45) is 0 Å². The van der Waals surface area contributed by atoms with Crippen LogP contribution in [-0.2, 0) is 22.7 Å². The molecule has 1 aromatic carbocycles. The number of aliphatic hydroxyl groups is 5. The average molecular weight is 706 g/mol. The number of aromatic amines is 2. The summed E-state index contributed by atoms with van der Waals surface area (Å²) in [5.41, 5.74) is 0.381. The Labute approximate surface area is 291 Å². The van der Waals surface area contributed by atoms with E-state index in [1.54, 1.807) is 42.1 Å². The van der Waals surface area contributed by atoms with E-state index < -0.39 is 48.8 Å². The van der Waals surface area contributed by atoms with E-state index in [1.165, 1.54) is 6.07 Å². The number of fused-ring (bicyclic) bond motifs is 4. The molecule has 1 aliphatic rings. The number of aromatic nitrogens is 4. The molecule has 6 heterocycles. The van der Waals surface area contributed by atoms with E-state index in [-0.39, 0.29) is 18.4 Å². The minimum atomic E-state index is -2.37. The molecule has 8 N–H and O–H groups in total. The summed E-state index contributed by atoms with van der Waals surface area (Å²) in [4.78, 5) is 31.1. The van der Waals surface area contributed by atoms with Crippen LogP contribution < -0.4 is 15.5 Å². The third-order valence-electron chi connectivity index (χ3n) is 10.0. The molecule has 51 heavy (non-hydrogen) atoms. The van der Waals surface area contributed by atoms with E-state index in [0.29, 0.717) is 52.2 Å². The third kappa shape index (κ3) is 6.25. The highest BCUT2D eigenvalue weighted by molar-refractivity contribution is 5.91. The van der Waals surface area contributed by atoms with E-state index in [1.807, 2.05) is 43.2 Å². The minimum absolute atomic E-state index is 0.210. The van der Waals surface area contributed by atoms with E-state index in [0.717, 1.165) is 16.4 Å². The number of aryl methyl sites for hydroxylation is 1. The highest BCUT2D eigenvalue weighted by Crippen LogP contribution is 2.44. The summed E-state index contributed by atoms with van der Waals surface area (Å²) in [5, 5.41) is 58.3. The first-order valence-electron chi connectivity index (χ1n) is 16.8. The van der Waals surface area contributed by atoms with Gasteiger partial charge in [0.1, 0.15) is 53.7 Å². The average Bonchev–Trinajstić information content (AvgIpc) is 3.90. The number of rotatable bonds is 14. The van der Waals surface area contributed by atoms with Crippen molar-refractivity contribution in [1.82, 2.24) is 24.4 Å². The maximum absolute atomic E-state index is 13.3. The summed E-state index contributed by atoms with van der Waals surface area (Å²) >= 11 is 0. The molecule has 6 atom stereocenters. The molecule has 5 aromatic heterocycles. The van der Waals surface area contributed by atoms with Gasteiger partial charge in [0.05, 0.1) is 35.1 Å². The van der Waals surface area contributed by atoms with Gasteiger partial charge in [-0.25, -0.2) is 9.78 Å². The lowest BCUT2D eigenvalue weighted by atomic mass is 9.86. The summed E-state index contributed by atoms with van der Waals surface area (Å²) in [6, 6.07) is 8.65. The second-order valence-corrected chi connectivity index (χ2v) is 13.6.